The first kappa shape index (κ1) is 19.4. The molecular formula is C21H22ClNO4S. The first-order valence-electron chi connectivity index (χ1n) is 9.48. The second-order valence-electron chi connectivity index (χ2n) is 7.35. The molecule has 2 aromatic rings. The van der Waals surface area contributed by atoms with E-state index < -0.39 is 9.84 Å². The van der Waals surface area contributed by atoms with Gasteiger partial charge in [-0.2, -0.15) is 0 Å². The molecule has 0 unspecified atom stereocenters. The lowest BCUT2D eigenvalue weighted by Crippen LogP contribution is -2.15. The molecule has 0 radical (unpaired) electrons. The van der Waals surface area contributed by atoms with Crippen molar-refractivity contribution < 1.29 is 13.2 Å². The second kappa shape index (κ2) is 7.85. The maximum absolute atomic E-state index is 12.5. The highest BCUT2D eigenvalue weighted by Gasteiger charge is 2.36. The molecule has 1 saturated heterocycles. The largest absolute Gasteiger partial charge is 0.381 e. The Morgan fingerprint density at radius 2 is 1.71 bits per heavy atom. The zero-order chi connectivity index (χ0) is 19.7. The van der Waals surface area contributed by atoms with Crippen molar-refractivity contribution in [3.63, 3.8) is 0 Å². The highest BCUT2D eigenvalue weighted by Crippen LogP contribution is 2.34. The van der Waals surface area contributed by atoms with E-state index >= 15 is 0 Å². The van der Waals surface area contributed by atoms with E-state index in [2.05, 4.69) is 11.1 Å². The summed E-state index contributed by atoms with van der Waals surface area (Å²) in [7, 11) is -3.22. The van der Waals surface area contributed by atoms with Crippen LogP contribution in [0.5, 0.6) is 0 Å². The van der Waals surface area contributed by atoms with Crippen molar-refractivity contribution in [3.05, 3.63) is 69.1 Å². The lowest BCUT2D eigenvalue weighted by molar-refractivity contribution is 0.0786. The number of allylic oxidation sites excluding steroid dienone is 1. The van der Waals surface area contributed by atoms with Crippen molar-refractivity contribution in [1.29, 1.82) is 0 Å². The molecule has 1 aliphatic carbocycles. The van der Waals surface area contributed by atoms with Crippen LogP contribution in [0.4, 0.5) is 0 Å². The third-order valence-corrected chi connectivity index (χ3v) is 7.85. The molecule has 0 amide bonds. The monoisotopic (exact) mass is 419 g/mol. The summed E-state index contributed by atoms with van der Waals surface area (Å²) in [6, 6.07) is 10.3. The topological polar surface area (TPSA) is 76.2 Å². The number of nitrogens with one attached hydrogen (secondary N) is 1. The predicted octanol–water partition coefficient (Wildman–Crippen LogP) is 3.82. The predicted molar refractivity (Wildman–Crippen MR) is 109 cm³/mol. The number of rotatable bonds is 5. The van der Waals surface area contributed by atoms with Gasteiger partial charge >= 0.3 is 0 Å². The Labute approximate surface area is 169 Å². The van der Waals surface area contributed by atoms with E-state index in [-0.39, 0.29) is 15.8 Å². The standard InChI is InChI=1S/C21H22ClNO4S/c22-19-7-8-20(23-21(19)24)18(13-14-9-11-27-12-10-14)15-1-3-16(4-2-15)28(25,26)17-5-6-17/h1-4,7-8,13-14,17H,5-6,9-12H2,(H,23,24). The number of aromatic amines is 1. The van der Waals surface area contributed by atoms with Gasteiger partial charge in [-0.15, -0.1) is 0 Å². The number of ether oxygens (including phenoxy) is 1. The maximum Gasteiger partial charge on any atom is 0.267 e. The summed E-state index contributed by atoms with van der Waals surface area (Å²) in [5.74, 6) is 0.331. The first-order valence-corrected chi connectivity index (χ1v) is 11.4. The van der Waals surface area contributed by atoms with Crippen LogP contribution < -0.4 is 5.56 Å². The Morgan fingerprint density at radius 1 is 1.04 bits per heavy atom. The first-order chi connectivity index (χ1) is 13.4. The summed E-state index contributed by atoms with van der Waals surface area (Å²) in [5, 5.41) is -0.0942. The summed E-state index contributed by atoms with van der Waals surface area (Å²) in [6.45, 7) is 1.42. The fourth-order valence-corrected chi connectivity index (χ4v) is 5.23. The lowest BCUT2D eigenvalue weighted by Gasteiger charge is -2.21. The van der Waals surface area contributed by atoms with Gasteiger partial charge in [-0.05, 0) is 61.4 Å². The van der Waals surface area contributed by atoms with Crippen molar-refractivity contribution in [2.45, 2.75) is 35.8 Å². The minimum Gasteiger partial charge on any atom is -0.381 e. The van der Waals surface area contributed by atoms with Crippen LogP contribution in [-0.2, 0) is 14.6 Å². The molecule has 0 atom stereocenters. The number of sulfone groups is 1. The van der Waals surface area contributed by atoms with Crippen LogP contribution >= 0.6 is 11.6 Å². The Morgan fingerprint density at radius 3 is 2.32 bits per heavy atom. The zero-order valence-corrected chi connectivity index (χ0v) is 16.9. The molecule has 1 aromatic heterocycles. The Balaban J connectivity index is 1.73. The quantitative estimate of drug-likeness (QED) is 0.799. The van der Waals surface area contributed by atoms with Crippen LogP contribution in [0.25, 0.3) is 5.57 Å². The van der Waals surface area contributed by atoms with E-state index in [4.69, 9.17) is 16.3 Å². The van der Waals surface area contributed by atoms with Gasteiger partial charge < -0.3 is 9.72 Å². The van der Waals surface area contributed by atoms with E-state index in [1.807, 2.05) is 12.1 Å². The molecule has 2 fully saturated rings. The van der Waals surface area contributed by atoms with Gasteiger partial charge in [0.25, 0.3) is 5.56 Å². The molecular weight excluding hydrogens is 398 g/mol. The summed E-state index contributed by atoms with van der Waals surface area (Å²) in [5.41, 5.74) is 2.05. The molecule has 1 aliphatic heterocycles. The minimum absolute atomic E-state index is 0.139. The number of H-pyrrole nitrogens is 1. The molecule has 1 aromatic carbocycles. The third kappa shape index (κ3) is 4.09. The summed E-state index contributed by atoms with van der Waals surface area (Å²) < 4.78 is 30.3. The molecule has 2 aliphatic rings. The Kier molecular flexibility index (Phi) is 5.45. The average Bonchev–Trinajstić information content (AvgIpc) is 3.55. The molecule has 5 nitrogen and oxygen atoms in total. The van der Waals surface area contributed by atoms with E-state index in [1.54, 1.807) is 24.3 Å². The highest BCUT2D eigenvalue weighted by molar-refractivity contribution is 7.92. The molecule has 0 bridgehead atoms. The van der Waals surface area contributed by atoms with Crippen LogP contribution in [0.3, 0.4) is 0 Å². The lowest BCUT2D eigenvalue weighted by atomic mass is 9.92. The van der Waals surface area contributed by atoms with Gasteiger partial charge in [0, 0.05) is 24.5 Å². The Bertz CT molecular complexity index is 1050. The zero-order valence-electron chi connectivity index (χ0n) is 15.4. The smallest absolute Gasteiger partial charge is 0.267 e. The van der Waals surface area contributed by atoms with Crippen LogP contribution in [0.1, 0.15) is 36.9 Å². The number of hydrogen-bond acceptors (Lipinski definition) is 4. The van der Waals surface area contributed by atoms with Crippen molar-refractivity contribution >= 4 is 27.0 Å². The van der Waals surface area contributed by atoms with Gasteiger partial charge in [0.05, 0.1) is 10.1 Å². The van der Waals surface area contributed by atoms with Crippen LogP contribution in [0.15, 0.2) is 52.2 Å². The van der Waals surface area contributed by atoms with Gasteiger partial charge in [0.1, 0.15) is 5.02 Å². The molecule has 4 rings (SSSR count). The van der Waals surface area contributed by atoms with E-state index in [9.17, 15) is 13.2 Å². The fourth-order valence-electron chi connectivity index (χ4n) is 3.47. The molecule has 148 valence electrons. The number of benzene rings is 1. The van der Waals surface area contributed by atoms with Gasteiger partial charge in [0.2, 0.25) is 0 Å². The van der Waals surface area contributed by atoms with Crippen LogP contribution in [0.2, 0.25) is 5.02 Å². The van der Waals surface area contributed by atoms with E-state index in [0.717, 1.165) is 36.8 Å². The minimum atomic E-state index is -3.22. The van der Waals surface area contributed by atoms with Gasteiger partial charge in [-0.25, -0.2) is 8.42 Å². The average molecular weight is 420 g/mol. The van der Waals surface area contributed by atoms with E-state index in [0.29, 0.717) is 29.7 Å². The van der Waals surface area contributed by atoms with Gasteiger partial charge in [-0.3, -0.25) is 4.79 Å². The molecule has 0 spiro atoms. The fraction of sp³-hybridized carbons (Fsp3) is 0.381. The van der Waals surface area contributed by atoms with Crippen molar-refractivity contribution in [3.8, 4) is 0 Å². The SMILES string of the molecule is O=c1[nH]c(C(=CC2CCOCC2)c2ccc(S(=O)(=O)C3CC3)cc2)ccc1Cl. The van der Waals surface area contributed by atoms with E-state index in [1.165, 1.54) is 0 Å². The molecule has 1 N–H and O–H groups in total. The molecule has 1 saturated carbocycles. The van der Waals surface area contributed by atoms with Gasteiger partial charge in [-0.1, -0.05) is 29.8 Å². The summed E-state index contributed by atoms with van der Waals surface area (Å²) >= 11 is 5.88. The Hall–Kier alpha value is -1.89. The summed E-state index contributed by atoms with van der Waals surface area (Å²) in [6.07, 6.45) is 5.45. The third-order valence-electron chi connectivity index (χ3n) is 5.28. The van der Waals surface area contributed by atoms with Crippen molar-refractivity contribution in [1.82, 2.24) is 4.98 Å². The van der Waals surface area contributed by atoms with Gasteiger partial charge in [0.15, 0.2) is 9.84 Å². The number of pyridine rings is 1. The maximum atomic E-state index is 12.5. The second-order valence-corrected chi connectivity index (χ2v) is 9.98. The van der Waals surface area contributed by atoms with Crippen LogP contribution in [0, 0.1) is 5.92 Å². The number of aromatic nitrogens is 1. The summed E-state index contributed by atoms with van der Waals surface area (Å²) in [4.78, 5) is 15.2. The molecule has 2 heterocycles. The number of halogens is 1. The highest BCUT2D eigenvalue weighted by atomic mass is 35.5. The van der Waals surface area contributed by atoms with Crippen molar-refractivity contribution in [2.75, 3.05) is 13.2 Å². The number of hydrogen-bond donors (Lipinski definition) is 1. The van der Waals surface area contributed by atoms with Crippen molar-refractivity contribution in [2.24, 2.45) is 5.92 Å². The van der Waals surface area contributed by atoms with Crippen LogP contribution in [-0.4, -0.2) is 31.9 Å². The normalized spacial score (nSPS) is 19.0. The molecule has 7 heteroatoms. The molecule has 28 heavy (non-hydrogen) atoms.